The van der Waals surface area contributed by atoms with Gasteiger partial charge >= 0.3 is 0 Å². The van der Waals surface area contributed by atoms with Crippen molar-refractivity contribution in [2.75, 3.05) is 20.2 Å². The molecule has 140 valence electrons. The zero-order valence-corrected chi connectivity index (χ0v) is 15.7. The maximum atomic E-state index is 13.2. The highest BCUT2D eigenvalue weighted by molar-refractivity contribution is 7.17. The Bertz CT molecular complexity index is 1170. The fourth-order valence-electron chi connectivity index (χ4n) is 2.95. The standard InChI is InChI=1S/C18H18FN5O2S/c1-22(7-8-26-13-5-3-4-12(19)10-13)11-15-20-21-18-23(2)17(25)16-14(24(15)18)6-9-27-16/h3-6,9-10H,7-8,11H2,1-2H3. The van der Waals surface area contributed by atoms with Gasteiger partial charge in [0.05, 0.1) is 12.1 Å². The first-order valence-corrected chi connectivity index (χ1v) is 9.29. The molecule has 0 spiro atoms. The van der Waals surface area contributed by atoms with Crippen LogP contribution in [0.4, 0.5) is 4.39 Å². The number of hydrogen-bond acceptors (Lipinski definition) is 6. The van der Waals surface area contributed by atoms with Crippen LogP contribution in [0.15, 0.2) is 40.5 Å². The third-order valence-corrected chi connectivity index (χ3v) is 5.24. The molecule has 0 radical (unpaired) electrons. The third-order valence-electron chi connectivity index (χ3n) is 4.35. The summed E-state index contributed by atoms with van der Waals surface area (Å²) in [4.78, 5) is 14.4. The summed E-state index contributed by atoms with van der Waals surface area (Å²) >= 11 is 1.41. The summed E-state index contributed by atoms with van der Waals surface area (Å²) in [7, 11) is 3.65. The lowest BCUT2D eigenvalue weighted by Crippen LogP contribution is -2.25. The van der Waals surface area contributed by atoms with Crippen molar-refractivity contribution in [2.45, 2.75) is 6.54 Å². The van der Waals surface area contributed by atoms with E-state index in [1.807, 2.05) is 27.8 Å². The Kier molecular flexibility index (Phi) is 4.63. The van der Waals surface area contributed by atoms with Gasteiger partial charge in [-0.1, -0.05) is 6.07 Å². The average molecular weight is 387 g/mol. The van der Waals surface area contributed by atoms with Crippen molar-refractivity contribution < 1.29 is 9.13 Å². The Morgan fingerprint density at radius 3 is 2.96 bits per heavy atom. The molecule has 0 amide bonds. The Morgan fingerprint density at radius 1 is 1.30 bits per heavy atom. The van der Waals surface area contributed by atoms with Gasteiger partial charge < -0.3 is 4.74 Å². The van der Waals surface area contributed by atoms with Crippen molar-refractivity contribution in [3.05, 3.63) is 57.7 Å². The van der Waals surface area contributed by atoms with Crippen LogP contribution in [0.2, 0.25) is 0 Å². The highest BCUT2D eigenvalue weighted by Crippen LogP contribution is 2.19. The first kappa shape index (κ1) is 17.6. The number of aryl methyl sites for hydroxylation is 1. The van der Waals surface area contributed by atoms with Crippen molar-refractivity contribution in [1.29, 1.82) is 0 Å². The molecular weight excluding hydrogens is 369 g/mol. The molecule has 0 bridgehead atoms. The third kappa shape index (κ3) is 3.31. The van der Waals surface area contributed by atoms with Crippen LogP contribution in [-0.2, 0) is 13.6 Å². The second-order valence-corrected chi connectivity index (χ2v) is 7.21. The van der Waals surface area contributed by atoms with Gasteiger partial charge in [0.1, 0.15) is 22.9 Å². The van der Waals surface area contributed by atoms with E-state index in [2.05, 4.69) is 10.2 Å². The molecule has 0 aliphatic carbocycles. The van der Waals surface area contributed by atoms with E-state index >= 15 is 0 Å². The van der Waals surface area contributed by atoms with Crippen molar-refractivity contribution in [2.24, 2.45) is 7.05 Å². The lowest BCUT2D eigenvalue weighted by molar-refractivity contribution is 0.229. The van der Waals surface area contributed by atoms with E-state index in [9.17, 15) is 9.18 Å². The average Bonchev–Trinajstić information content (AvgIpc) is 3.27. The van der Waals surface area contributed by atoms with E-state index in [0.29, 0.717) is 35.9 Å². The van der Waals surface area contributed by atoms with Crippen LogP contribution < -0.4 is 10.3 Å². The second kappa shape index (κ2) is 7.09. The number of likely N-dealkylation sites (N-methyl/N-ethyl adjacent to an activating group) is 1. The molecule has 0 saturated heterocycles. The zero-order valence-electron chi connectivity index (χ0n) is 14.9. The summed E-state index contributed by atoms with van der Waals surface area (Å²) in [6.07, 6.45) is 0. The van der Waals surface area contributed by atoms with E-state index in [1.54, 1.807) is 19.2 Å². The number of rotatable bonds is 6. The smallest absolute Gasteiger partial charge is 0.272 e. The monoisotopic (exact) mass is 387 g/mol. The summed E-state index contributed by atoms with van der Waals surface area (Å²) in [6, 6.07) is 8.00. The fraction of sp³-hybridized carbons (Fsp3) is 0.278. The van der Waals surface area contributed by atoms with Gasteiger partial charge in [0.25, 0.3) is 5.56 Å². The van der Waals surface area contributed by atoms with Gasteiger partial charge in [-0.05, 0) is 30.6 Å². The number of nitrogens with zero attached hydrogens (tertiary/aromatic N) is 5. The van der Waals surface area contributed by atoms with Crippen LogP contribution in [-0.4, -0.2) is 44.3 Å². The van der Waals surface area contributed by atoms with Crippen LogP contribution in [0.5, 0.6) is 5.75 Å². The SMILES string of the molecule is CN(CCOc1cccc(F)c1)Cc1nnc2n(C)c(=O)c3sccc3n12. The number of hydrogen-bond donors (Lipinski definition) is 0. The molecule has 4 aromatic rings. The molecule has 0 unspecified atom stereocenters. The van der Waals surface area contributed by atoms with E-state index in [0.717, 1.165) is 11.3 Å². The maximum Gasteiger partial charge on any atom is 0.272 e. The predicted molar refractivity (Wildman–Crippen MR) is 102 cm³/mol. The summed E-state index contributed by atoms with van der Waals surface area (Å²) in [5, 5.41) is 10.3. The molecule has 0 aliphatic heterocycles. The Balaban J connectivity index is 1.51. The molecule has 0 atom stereocenters. The molecular formula is C18H18FN5O2S. The van der Waals surface area contributed by atoms with Crippen molar-refractivity contribution in [3.63, 3.8) is 0 Å². The van der Waals surface area contributed by atoms with E-state index in [1.165, 1.54) is 28.0 Å². The Labute approximate surface area is 158 Å². The lowest BCUT2D eigenvalue weighted by Gasteiger charge is -2.16. The number of benzene rings is 1. The molecule has 27 heavy (non-hydrogen) atoms. The number of fused-ring (bicyclic) bond motifs is 3. The highest BCUT2D eigenvalue weighted by atomic mass is 32.1. The second-order valence-electron chi connectivity index (χ2n) is 6.29. The predicted octanol–water partition coefficient (Wildman–Crippen LogP) is 2.29. The van der Waals surface area contributed by atoms with Crippen LogP contribution in [0.1, 0.15) is 5.82 Å². The summed E-state index contributed by atoms with van der Waals surface area (Å²) in [6.45, 7) is 1.59. The molecule has 3 aromatic heterocycles. The summed E-state index contributed by atoms with van der Waals surface area (Å²) in [5.74, 6) is 1.45. The van der Waals surface area contributed by atoms with Gasteiger partial charge in [-0.15, -0.1) is 21.5 Å². The van der Waals surface area contributed by atoms with Gasteiger partial charge in [0, 0.05) is 19.7 Å². The van der Waals surface area contributed by atoms with Gasteiger partial charge in [0.2, 0.25) is 5.78 Å². The molecule has 0 N–H and O–H groups in total. The molecule has 0 fully saturated rings. The molecule has 4 rings (SSSR count). The van der Waals surface area contributed by atoms with Gasteiger partial charge in [-0.3, -0.25) is 18.7 Å². The van der Waals surface area contributed by atoms with Crippen LogP contribution in [0.3, 0.4) is 0 Å². The molecule has 9 heteroatoms. The van der Waals surface area contributed by atoms with Crippen molar-refractivity contribution in [3.8, 4) is 5.75 Å². The quantitative estimate of drug-likeness (QED) is 0.508. The lowest BCUT2D eigenvalue weighted by atomic mass is 10.3. The minimum Gasteiger partial charge on any atom is -0.492 e. The Morgan fingerprint density at radius 2 is 2.15 bits per heavy atom. The largest absolute Gasteiger partial charge is 0.492 e. The zero-order chi connectivity index (χ0) is 19.0. The molecule has 1 aromatic carbocycles. The normalized spacial score (nSPS) is 11.7. The number of halogens is 1. The topological polar surface area (TPSA) is 64.7 Å². The maximum absolute atomic E-state index is 13.2. The summed E-state index contributed by atoms with van der Waals surface area (Å²) < 4.78 is 22.9. The summed E-state index contributed by atoms with van der Waals surface area (Å²) in [5.41, 5.74) is 0.755. The van der Waals surface area contributed by atoms with Gasteiger partial charge in [0.15, 0.2) is 5.82 Å². The van der Waals surface area contributed by atoms with Crippen molar-refractivity contribution in [1.82, 2.24) is 24.1 Å². The first-order chi connectivity index (χ1) is 13.0. The molecule has 3 heterocycles. The van der Waals surface area contributed by atoms with E-state index in [-0.39, 0.29) is 11.4 Å². The minimum atomic E-state index is -0.318. The molecule has 7 nitrogen and oxygen atoms in total. The number of ether oxygens (including phenoxy) is 1. The Hall–Kier alpha value is -2.78. The minimum absolute atomic E-state index is 0.0664. The van der Waals surface area contributed by atoms with Crippen molar-refractivity contribution >= 4 is 27.3 Å². The number of aromatic nitrogens is 4. The van der Waals surface area contributed by atoms with Crippen LogP contribution in [0, 0.1) is 5.82 Å². The van der Waals surface area contributed by atoms with Gasteiger partial charge in [-0.25, -0.2) is 4.39 Å². The van der Waals surface area contributed by atoms with E-state index < -0.39 is 0 Å². The first-order valence-electron chi connectivity index (χ1n) is 8.41. The van der Waals surface area contributed by atoms with Crippen LogP contribution >= 0.6 is 11.3 Å². The molecule has 0 aliphatic rings. The molecule has 0 saturated carbocycles. The van der Waals surface area contributed by atoms with E-state index in [4.69, 9.17) is 4.74 Å². The van der Waals surface area contributed by atoms with Gasteiger partial charge in [-0.2, -0.15) is 0 Å². The fourth-order valence-corrected chi connectivity index (χ4v) is 3.80. The number of thiophene rings is 1. The van der Waals surface area contributed by atoms with Crippen LogP contribution in [0.25, 0.3) is 16.0 Å². The highest BCUT2D eigenvalue weighted by Gasteiger charge is 2.16.